The summed E-state index contributed by atoms with van der Waals surface area (Å²) in [5.74, 6) is 0.114. The smallest absolute Gasteiger partial charge is 0.267 e. The van der Waals surface area contributed by atoms with Crippen LogP contribution in [0.2, 0.25) is 0 Å². The Kier molecular flexibility index (Phi) is 4.23. The monoisotopic (exact) mass is 339 g/mol. The molecule has 1 aliphatic heterocycles. The van der Waals surface area contributed by atoms with E-state index in [9.17, 15) is 4.79 Å². The molecule has 1 amide bonds. The molecule has 1 fully saturated rings. The predicted octanol–water partition coefficient (Wildman–Crippen LogP) is 2.19. The fourth-order valence-electron chi connectivity index (χ4n) is 3.44. The van der Waals surface area contributed by atoms with Gasteiger partial charge in [-0.3, -0.25) is 9.48 Å². The van der Waals surface area contributed by atoms with Crippen LogP contribution in [0.15, 0.2) is 36.7 Å². The zero-order valence-corrected chi connectivity index (χ0v) is 14.1. The number of nitrogens with zero attached hydrogens (tertiary/aromatic N) is 3. The minimum absolute atomic E-state index is 0.0362. The maximum atomic E-state index is 12.5. The Morgan fingerprint density at radius 3 is 3.16 bits per heavy atom. The number of H-pyrrole nitrogens is 1. The summed E-state index contributed by atoms with van der Waals surface area (Å²) in [5, 5.41) is 8.20. The van der Waals surface area contributed by atoms with Crippen molar-refractivity contribution < 1.29 is 9.53 Å². The first-order valence-corrected chi connectivity index (χ1v) is 8.54. The van der Waals surface area contributed by atoms with Gasteiger partial charge in [-0.25, -0.2) is 4.98 Å². The molecule has 7 nitrogen and oxygen atoms in total. The third-order valence-electron chi connectivity index (χ3n) is 4.76. The van der Waals surface area contributed by atoms with Gasteiger partial charge >= 0.3 is 0 Å². The van der Waals surface area contributed by atoms with Gasteiger partial charge in [-0.1, -0.05) is 0 Å². The molecule has 0 spiro atoms. The molecule has 4 heterocycles. The number of aromatic nitrogens is 4. The van der Waals surface area contributed by atoms with E-state index < -0.39 is 0 Å². The summed E-state index contributed by atoms with van der Waals surface area (Å²) in [7, 11) is 1.92. The highest BCUT2D eigenvalue weighted by Gasteiger charge is 2.30. The van der Waals surface area contributed by atoms with Crippen molar-refractivity contribution in [1.29, 1.82) is 0 Å². The van der Waals surface area contributed by atoms with Gasteiger partial charge in [-0.15, -0.1) is 0 Å². The highest BCUT2D eigenvalue weighted by Crippen LogP contribution is 2.32. The second kappa shape index (κ2) is 6.68. The molecule has 0 unspecified atom stereocenters. The number of carbonyl (C=O) groups is 1. The molecule has 4 rings (SSSR count). The zero-order valence-electron chi connectivity index (χ0n) is 14.1. The molecule has 0 aliphatic carbocycles. The average molecular weight is 339 g/mol. The minimum Gasteiger partial charge on any atom is -0.372 e. The van der Waals surface area contributed by atoms with Crippen molar-refractivity contribution >= 4 is 16.9 Å². The Hall–Kier alpha value is -2.67. The lowest BCUT2D eigenvalue weighted by Crippen LogP contribution is -2.35. The number of ether oxygens (including phenoxy) is 1. The van der Waals surface area contributed by atoms with Crippen LogP contribution in [0.1, 0.15) is 35.1 Å². The number of hydrogen-bond donors (Lipinski definition) is 2. The van der Waals surface area contributed by atoms with Crippen molar-refractivity contribution in [1.82, 2.24) is 25.1 Å². The van der Waals surface area contributed by atoms with Crippen molar-refractivity contribution in [3.05, 3.63) is 48.0 Å². The zero-order chi connectivity index (χ0) is 17.2. The lowest BCUT2D eigenvalue weighted by Gasteiger charge is -2.31. The Morgan fingerprint density at radius 1 is 1.44 bits per heavy atom. The highest BCUT2D eigenvalue weighted by atomic mass is 16.5. The van der Waals surface area contributed by atoms with Crippen LogP contribution in [0.5, 0.6) is 0 Å². The van der Waals surface area contributed by atoms with E-state index in [2.05, 4.69) is 20.4 Å². The lowest BCUT2D eigenvalue weighted by molar-refractivity contribution is -0.0317. The molecule has 0 aromatic carbocycles. The molecule has 130 valence electrons. The lowest BCUT2D eigenvalue weighted by atomic mass is 9.92. The standard InChI is InChI=1S/C18H21N5O2/c1-23-15(6-8-21-23)16-13(5-3-9-25-16)11-20-18(24)14-10-12-4-2-7-19-17(12)22-14/h2,4,6-8,10,13,16H,3,5,9,11H2,1H3,(H,19,22)(H,20,24)/t13-,16+/m0/s1. The molecule has 2 N–H and O–H groups in total. The van der Waals surface area contributed by atoms with Crippen molar-refractivity contribution in [2.24, 2.45) is 13.0 Å². The van der Waals surface area contributed by atoms with Crippen molar-refractivity contribution in [2.45, 2.75) is 18.9 Å². The van der Waals surface area contributed by atoms with Crippen LogP contribution in [0.25, 0.3) is 11.0 Å². The van der Waals surface area contributed by atoms with Crippen molar-refractivity contribution in [3.63, 3.8) is 0 Å². The fraction of sp³-hybridized carbons (Fsp3) is 0.389. The quantitative estimate of drug-likeness (QED) is 0.763. The summed E-state index contributed by atoms with van der Waals surface area (Å²) in [6, 6.07) is 7.60. The number of fused-ring (bicyclic) bond motifs is 1. The molecule has 3 aromatic rings. The van der Waals surface area contributed by atoms with E-state index >= 15 is 0 Å². The topological polar surface area (TPSA) is 84.8 Å². The third-order valence-corrected chi connectivity index (χ3v) is 4.76. The number of amides is 1. The number of pyridine rings is 1. The van der Waals surface area contributed by atoms with E-state index in [-0.39, 0.29) is 17.9 Å². The van der Waals surface area contributed by atoms with Crippen molar-refractivity contribution in [3.8, 4) is 0 Å². The summed E-state index contributed by atoms with van der Waals surface area (Å²) < 4.78 is 7.81. The second-order valence-corrected chi connectivity index (χ2v) is 6.41. The number of hydrogen-bond acceptors (Lipinski definition) is 4. The van der Waals surface area contributed by atoms with Crippen LogP contribution < -0.4 is 5.32 Å². The van der Waals surface area contributed by atoms with Gasteiger partial charge in [0.25, 0.3) is 5.91 Å². The van der Waals surface area contributed by atoms with E-state index in [4.69, 9.17) is 4.74 Å². The van der Waals surface area contributed by atoms with Gasteiger partial charge in [0.2, 0.25) is 0 Å². The summed E-state index contributed by atoms with van der Waals surface area (Å²) in [4.78, 5) is 19.8. The maximum Gasteiger partial charge on any atom is 0.267 e. The summed E-state index contributed by atoms with van der Waals surface area (Å²) >= 11 is 0. The normalized spacial score (nSPS) is 20.7. The van der Waals surface area contributed by atoms with Crippen LogP contribution in [0.4, 0.5) is 0 Å². The van der Waals surface area contributed by atoms with E-state index in [1.807, 2.05) is 36.0 Å². The summed E-state index contributed by atoms with van der Waals surface area (Å²) in [6.45, 7) is 1.31. The van der Waals surface area contributed by atoms with E-state index in [1.165, 1.54) is 0 Å². The molecule has 2 atom stereocenters. The molecule has 3 aromatic heterocycles. The molecular weight excluding hydrogens is 318 g/mol. The van der Waals surface area contributed by atoms with Gasteiger partial charge in [0, 0.05) is 43.9 Å². The van der Waals surface area contributed by atoms with Crippen molar-refractivity contribution in [2.75, 3.05) is 13.2 Å². The van der Waals surface area contributed by atoms with Crippen LogP contribution in [-0.2, 0) is 11.8 Å². The Morgan fingerprint density at radius 2 is 2.36 bits per heavy atom. The molecule has 1 saturated heterocycles. The minimum atomic E-state index is -0.118. The van der Waals surface area contributed by atoms with E-state index in [1.54, 1.807) is 12.4 Å². The first-order valence-electron chi connectivity index (χ1n) is 8.54. The van der Waals surface area contributed by atoms with Crippen LogP contribution in [-0.4, -0.2) is 38.8 Å². The van der Waals surface area contributed by atoms with Gasteiger partial charge in [0.15, 0.2) is 0 Å². The van der Waals surface area contributed by atoms with Gasteiger partial charge in [-0.05, 0) is 37.1 Å². The summed E-state index contributed by atoms with van der Waals surface area (Å²) in [5.41, 5.74) is 2.30. The average Bonchev–Trinajstić information content (AvgIpc) is 3.26. The van der Waals surface area contributed by atoms with E-state index in [0.717, 1.165) is 36.2 Å². The van der Waals surface area contributed by atoms with Crippen LogP contribution in [0.3, 0.4) is 0 Å². The van der Waals surface area contributed by atoms with Gasteiger partial charge in [-0.2, -0.15) is 5.10 Å². The maximum absolute atomic E-state index is 12.5. The molecule has 7 heteroatoms. The van der Waals surface area contributed by atoms with Gasteiger partial charge in [0.1, 0.15) is 17.4 Å². The first-order chi connectivity index (χ1) is 12.2. The second-order valence-electron chi connectivity index (χ2n) is 6.41. The molecular formula is C18H21N5O2. The number of rotatable bonds is 4. The molecule has 1 aliphatic rings. The number of carbonyl (C=O) groups excluding carboxylic acids is 1. The van der Waals surface area contributed by atoms with Crippen LogP contribution >= 0.6 is 0 Å². The van der Waals surface area contributed by atoms with E-state index in [0.29, 0.717) is 12.2 Å². The van der Waals surface area contributed by atoms with Crippen LogP contribution in [0, 0.1) is 5.92 Å². The van der Waals surface area contributed by atoms with Gasteiger partial charge in [0.05, 0.1) is 5.69 Å². The molecule has 25 heavy (non-hydrogen) atoms. The number of aryl methyl sites for hydroxylation is 1. The Labute approximate surface area is 145 Å². The Bertz CT molecular complexity index is 851. The SMILES string of the molecule is Cn1nccc1[C@@H]1OCCC[C@H]1CNC(=O)c1cc2cccnc2[nH]1. The fourth-order valence-corrected chi connectivity index (χ4v) is 3.44. The molecule has 0 saturated carbocycles. The highest BCUT2D eigenvalue weighted by molar-refractivity contribution is 5.97. The molecule has 0 radical (unpaired) electrons. The number of aromatic amines is 1. The number of nitrogens with one attached hydrogen (secondary N) is 2. The first kappa shape index (κ1) is 15.8. The molecule has 0 bridgehead atoms. The largest absolute Gasteiger partial charge is 0.372 e. The summed E-state index contributed by atoms with van der Waals surface area (Å²) in [6.07, 6.45) is 5.47. The van der Waals surface area contributed by atoms with Gasteiger partial charge < -0.3 is 15.0 Å². The third kappa shape index (κ3) is 3.15. The Balaban J connectivity index is 1.45. The predicted molar refractivity (Wildman–Crippen MR) is 93.1 cm³/mol.